The monoisotopic (exact) mass is 235 g/mol. The van der Waals surface area contributed by atoms with E-state index < -0.39 is 0 Å². The molecule has 0 spiro atoms. The minimum absolute atomic E-state index is 0.563. The first-order chi connectivity index (χ1) is 8.29. The van der Waals surface area contributed by atoms with Crippen LogP contribution in [0.15, 0.2) is 18.2 Å². The Morgan fingerprint density at radius 3 is 2.82 bits per heavy atom. The fraction of sp³-hybridized carbons (Fsp3) is 0.571. The molecule has 1 aromatic rings. The molecule has 17 heavy (non-hydrogen) atoms. The first-order valence-corrected chi connectivity index (χ1v) is 6.29. The lowest BCUT2D eigenvalue weighted by Crippen LogP contribution is -2.21. The van der Waals surface area contributed by atoms with E-state index in [4.69, 9.17) is 15.2 Å². The van der Waals surface area contributed by atoms with Crippen molar-refractivity contribution in [2.75, 3.05) is 19.8 Å². The lowest BCUT2D eigenvalue weighted by Gasteiger charge is -2.22. The number of nitrogens with two attached hydrogens (primary N) is 1. The molecule has 2 N–H and O–H groups in total. The molecule has 1 saturated heterocycles. The molecule has 0 aromatic heterocycles. The van der Waals surface area contributed by atoms with Crippen molar-refractivity contribution in [1.29, 1.82) is 0 Å². The number of hydrogen-bond donors (Lipinski definition) is 1. The lowest BCUT2D eigenvalue weighted by molar-refractivity contribution is 0.0496. The smallest absolute Gasteiger partial charge is 0.122 e. The molecule has 1 aromatic carbocycles. The van der Waals surface area contributed by atoms with Crippen LogP contribution in [0.5, 0.6) is 5.75 Å². The molecule has 0 amide bonds. The van der Waals surface area contributed by atoms with Crippen molar-refractivity contribution in [2.45, 2.75) is 26.3 Å². The highest BCUT2D eigenvalue weighted by Crippen LogP contribution is 2.22. The van der Waals surface area contributed by atoms with E-state index in [1.807, 2.05) is 0 Å². The molecule has 0 radical (unpaired) electrons. The Morgan fingerprint density at radius 1 is 1.35 bits per heavy atom. The second kappa shape index (κ2) is 6.03. The number of ether oxygens (including phenoxy) is 2. The van der Waals surface area contributed by atoms with E-state index in [2.05, 4.69) is 25.1 Å². The molecule has 0 aliphatic carbocycles. The van der Waals surface area contributed by atoms with Crippen molar-refractivity contribution >= 4 is 0 Å². The van der Waals surface area contributed by atoms with Crippen molar-refractivity contribution < 1.29 is 9.47 Å². The first-order valence-electron chi connectivity index (χ1n) is 6.29. The Kier molecular flexibility index (Phi) is 4.40. The number of rotatable bonds is 4. The molecule has 3 nitrogen and oxygen atoms in total. The minimum atomic E-state index is 0.563. The maximum Gasteiger partial charge on any atom is 0.122 e. The highest BCUT2D eigenvalue weighted by molar-refractivity contribution is 5.36. The number of benzene rings is 1. The zero-order valence-corrected chi connectivity index (χ0v) is 10.4. The normalized spacial score (nSPS) is 17.1. The summed E-state index contributed by atoms with van der Waals surface area (Å²) in [5.41, 5.74) is 7.93. The summed E-state index contributed by atoms with van der Waals surface area (Å²) in [4.78, 5) is 0. The van der Waals surface area contributed by atoms with Gasteiger partial charge in [0.05, 0.1) is 6.61 Å². The molecule has 0 atom stereocenters. The summed E-state index contributed by atoms with van der Waals surface area (Å²) in [6.45, 7) is 5.16. The summed E-state index contributed by atoms with van der Waals surface area (Å²) in [7, 11) is 0. The number of aryl methyl sites for hydroxylation is 1. The van der Waals surface area contributed by atoms with Gasteiger partial charge in [-0.25, -0.2) is 0 Å². The topological polar surface area (TPSA) is 44.5 Å². The van der Waals surface area contributed by atoms with Gasteiger partial charge in [0.2, 0.25) is 0 Å². The maximum atomic E-state index is 5.91. The summed E-state index contributed by atoms with van der Waals surface area (Å²) in [6.07, 6.45) is 2.21. The fourth-order valence-corrected chi connectivity index (χ4v) is 2.05. The third kappa shape index (κ3) is 3.45. The molecule has 1 fully saturated rings. The van der Waals surface area contributed by atoms with Crippen molar-refractivity contribution in [1.82, 2.24) is 0 Å². The predicted molar refractivity (Wildman–Crippen MR) is 68.1 cm³/mol. The van der Waals surface area contributed by atoms with Gasteiger partial charge in [-0.05, 0) is 42.9 Å². The molecule has 0 saturated carbocycles. The molecule has 3 heteroatoms. The van der Waals surface area contributed by atoms with Gasteiger partial charge in [-0.3, -0.25) is 0 Å². The lowest BCUT2D eigenvalue weighted by atomic mass is 10.0. The highest BCUT2D eigenvalue weighted by atomic mass is 16.5. The van der Waals surface area contributed by atoms with Crippen molar-refractivity contribution in [3.8, 4) is 5.75 Å². The fourth-order valence-electron chi connectivity index (χ4n) is 2.05. The van der Waals surface area contributed by atoms with E-state index >= 15 is 0 Å². The van der Waals surface area contributed by atoms with Crippen LogP contribution in [-0.4, -0.2) is 19.8 Å². The zero-order valence-electron chi connectivity index (χ0n) is 10.4. The molecule has 1 aliphatic heterocycles. The van der Waals surface area contributed by atoms with Crippen molar-refractivity contribution in [2.24, 2.45) is 11.7 Å². The third-order valence-corrected chi connectivity index (χ3v) is 3.30. The van der Waals surface area contributed by atoms with Gasteiger partial charge in [0.1, 0.15) is 5.75 Å². The second-order valence-corrected chi connectivity index (χ2v) is 4.67. The first kappa shape index (κ1) is 12.4. The van der Waals surface area contributed by atoms with Crippen LogP contribution in [0, 0.1) is 12.8 Å². The Morgan fingerprint density at radius 2 is 2.12 bits per heavy atom. The van der Waals surface area contributed by atoms with Crippen LogP contribution in [0.25, 0.3) is 0 Å². The van der Waals surface area contributed by atoms with Crippen LogP contribution < -0.4 is 10.5 Å². The van der Waals surface area contributed by atoms with Crippen LogP contribution in [0.1, 0.15) is 24.0 Å². The highest BCUT2D eigenvalue weighted by Gasteiger charge is 2.14. The van der Waals surface area contributed by atoms with Gasteiger partial charge in [0.25, 0.3) is 0 Å². The van der Waals surface area contributed by atoms with E-state index in [9.17, 15) is 0 Å². The van der Waals surface area contributed by atoms with Crippen LogP contribution in [0.2, 0.25) is 0 Å². The van der Waals surface area contributed by atoms with Gasteiger partial charge in [-0.15, -0.1) is 0 Å². The average molecular weight is 235 g/mol. The standard InChI is InChI=1S/C14H21NO2/c1-11-2-3-13(9-15)8-14(11)17-10-12-4-6-16-7-5-12/h2-3,8,12H,4-7,9-10,15H2,1H3. The molecule has 1 aliphatic rings. The molecular formula is C14H21NO2. The molecule has 0 unspecified atom stereocenters. The molecule has 0 bridgehead atoms. The average Bonchev–Trinajstić information content (AvgIpc) is 2.39. The molecule has 2 rings (SSSR count). The van der Waals surface area contributed by atoms with Crippen LogP contribution in [0.4, 0.5) is 0 Å². The van der Waals surface area contributed by atoms with Gasteiger partial charge in [-0.2, -0.15) is 0 Å². The minimum Gasteiger partial charge on any atom is -0.493 e. The Labute approximate surface area is 103 Å². The largest absolute Gasteiger partial charge is 0.493 e. The quantitative estimate of drug-likeness (QED) is 0.870. The van der Waals surface area contributed by atoms with E-state index in [1.54, 1.807) is 0 Å². The van der Waals surface area contributed by atoms with Gasteiger partial charge in [0, 0.05) is 19.8 Å². The summed E-state index contributed by atoms with van der Waals surface area (Å²) in [5.74, 6) is 1.60. The van der Waals surface area contributed by atoms with Crippen molar-refractivity contribution in [3.05, 3.63) is 29.3 Å². The van der Waals surface area contributed by atoms with E-state index in [0.29, 0.717) is 12.5 Å². The Balaban J connectivity index is 1.92. The van der Waals surface area contributed by atoms with Crippen LogP contribution in [-0.2, 0) is 11.3 Å². The third-order valence-electron chi connectivity index (χ3n) is 3.30. The van der Waals surface area contributed by atoms with Crippen LogP contribution in [0.3, 0.4) is 0 Å². The van der Waals surface area contributed by atoms with E-state index in [-0.39, 0.29) is 0 Å². The summed E-state index contributed by atoms with van der Waals surface area (Å²) in [5, 5.41) is 0. The summed E-state index contributed by atoms with van der Waals surface area (Å²) >= 11 is 0. The second-order valence-electron chi connectivity index (χ2n) is 4.67. The molecular weight excluding hydrogens is 214 g/mol. The van der Waals surface area contributed by atoms with Crippen molar-refractivity contribution in [3.63, 3.8) is 0 Å². The maximum absolute atomic E-state index is 5.91. The predicted octanol–water partition coefficient (Wildman–Crippen LogP) is 2.26. The van der Waals surface area contributed by atoms with Gasteiger partial charge < -0.3 is 15.2 Å². The Hall–Kier alpha value is -1.06. The van der Waals surface area contributed by atoms with Gasteiger partial charge in [0.15, 0.2) is 0 Å². The zero-order chi connectivity index (χ0) is 12.1. The molecule has 94 valence electrons. The summed E-state index contributed by atoms with van der Waals surface area (Å²) in [6, 6.07) is 6.17. The van der Waals surface area contributed by atoms with Crippen LogP contribution >= 0.6 is 0 Å². The SMILES string of the molecule is Cc1ccc(CN)cc1OCC1CCOCC1. The van der Waals surface area contributed by atoms with E-state index in [0.717, 1.165) is 44.0 Å². The summed E-state index contributed by atoms with van der Waals surface area (Å²) < 4.78 is 11.2. The Bertz CT molecular complexity index is 359. The number of hydrogen-bond acceptors (Lipinski definition) is 3. The van der Waals surface area contributed by atoms with Gasteiger partial charge >= 0.3 is 0 Å². The van der Waals surface area contributed by atoms with Gasteiger partial charge in [-0.1, -0.05) is 12.1 Å². The van der Waals surface area contributed by atoms with E-state index in [1.165, 1.54) is 5.56 Å². The molecule has 1 heterocycles.